The predicted molar refractivity (Wildman–Crippen MR) is 68.4 cm³/mol. The van der Waals surface area contributed by atoms with E-state index in [9.17, 15) is 5.11 Å². The van der Waals surface area contributed by atoms with Gasteiger partial charge in [0, 0.05) is 24.7 Å². The van der Waals surface area contributed by atoms with Gasteiger partial charge in [0.15, 0.2) is 0 Å². The molecule has 1 heterocycles. The first kappa shape index (κ1) is 13.9. The molecule has 0 aromatic carbocycles. The molecule has 3 heteroatoms. The van der Waals surface area contributed by atoms with E-state index in [2.05, 4.69) is 25.7 Å². The number of aliphatic hydroxyl groups is 1. The summed E-state index contributed by atoms with van der Waals surface area (Å²) in [5.74, 6) is 0. The fourth-order valence-corrected chi connectivity index (χ4v) is 3.13. The van der Waals surface area contributed by atoms with E-state index < -0.39 is 5.60 Å². The van der Waals surface area contributed by atoms with Crippen molar-refractivity contribution in [1.82, 2.24) is 4.90 Å². The van der Waals surface area contributed by atoms with Gasteiger partial charge in [0.2, 0.25) is 0 Å². The summed E-state index contributed by atoms with van der Waals surface area (Å²) in [6.45, 7) is 8.95. The summed E-state index contributed by atoms with van der Waals surface area (Å²) in [4.78, 5) is 2.57. The quantitative estimate of drug-likeness (QED) is 0.753. The zero-order valence-corrected chi connectivity index (χ0v) is 11.2. The molecule has 1 aliphatic rings. The maximum absolute atomic E-state index is 10.0. The third-order valence-electron chi connectivity index (χ3n) is 4.00. The van der Waals surface area contributed by atoms with Gasteiger partial charge < -0.3 is 10.8 Å². The van der Waals surface area contributed by atoms with E-state index in [0.717, 1.165) is 6.42 Å². The Morgan fingerprint density at radius 1 is 1.50 bits per heavy atom. The van der Waals surface area contributed by atoms with Crippen molar-refractivity contribution in [2.24, 2.45) is 5.73 Å². The van der Waals surface area contributed by atoms with E-state index in [1.165, 1.54) is 19.3 Å². The summed E-state index contributed by atoms with van der Waals surface area (Å²) in [5, 5.41) is 10.0. The first-order valence-corrected chi connectivity index (χ1v) is 6.61. The van der Waals surface area contributed by atoms with Gasteiger partial charge >= 0.3 is 0 Å². The third kappa shape index (κ3) is 3.19. The smallest absolute Gasteiger partial charge is 0.0756 e. The van der Waals surface area contributed by atoms with E-state index in [1.54, 1.807) is 0 Å². The Morgan fingerprint density at radius 2 is 2.12 bits per heavy atom. The maximum atomic E-state index is 10.0. The zero-order chi connectivity index (χ0) is 12.3. The van der Waals surface area contributed by atoms with Crippen LogP contribution in [0.15, 0.2) is 0 Å². The van der Waals surface area contributed by atoms with Crippen LogP contribution >= 0.6 is 0 Å². The lowest BCUT2D eigenvalue weighted by atomic mass is 9.96. The van der Waals surface area contributed by atoms with Crippen molar-refractivity contribution in [2.75, 3.05) is 6.54 Å². The Morgan fingerprint density at radius 3 is 2.62 bits per heavy atom. The fraction of sp³-hybridized carbons (Fsp3) is 1.00. The van der Waals surface area contributed by atoms with E-state index >= 15 is 0 Å². The molecule has 1 rings (SSSR count). The van der Waals surface area contributed by atoms with Crippen LogP contribution in [-0.4, -0.2) is 40.3 Å². The number of nitrogens with two attached hydrogens (primary N) is 1. The highest BCUT2D eigenvalue weighted by Crippen LogP contribution is 2.30. The van der Waals surface area contributed by atoms with Crippen molar-refractivity contribution in [2.45, 2.75) is 77.1 Å². The van der Waals surface area contributed by atoms with Crippen LogP contribution in [0.2, 0.25) is 0 Å². The lowest BCUT2D eigenvalue weighted by Crippen LogP contribution is -2.47. The van der Waals surface area contributed by atoms with Crippen molar-refractivity contribution in [1.29, 1.82) is 0 Å². The van der Waals surface area contributed by atoms with Gasteiger partial charge in [0.1, 0.15) is 0 Å². The van der Waals surface area contributed by atoms with Gasteiger partial charge in [-0.1, -0.05) is 6.92 Å². The molecule has 0 radical (unpaired) electrons. The number of likely N-dealkylation sites (tertiary alicyclic amines) is 1. The van der Waals surface area contributed by atoms with Crippen LogP contribution in [0.3, 0.4) is 0 Å². The molecular formula is C13H28N2O. The summed E-state index contributed by atoms with van der Waals surface area (Å²) in [6, 6.07) is 1.76. The van der Waals surface area contributed by atoms with E-state index in [-0.39, 0.29) is 0 Å². The zero-order valence-electron chi connectivity index (χ0n) is 11.2. The van der Waals surface area contributed by atoms with Crippen molar-refractivity contribution in [3.8, 4) is 0 Å². The Kier molecular flexibility index (Phi) is 4.77. The van der Waals surface area contributed by atoms with Gasteiger partial charge in [-0.25, -0.2) is 0 Å². The van der Waals surface area contributed by atoms with Crippen molar-refractivity contribution >= 4 is 0 Å². The minimum Gasteiger partial charge on any atom is -0.389 e. The van der Waals surface area contributed by atoms with Gasteiger partial charge in [-0.3, -0.25) is 4.90 Å². The minimum atomic E-state index is -0.722. The summed E-state index contributed by atoms with van der Waals surface area (Å²) < 4.78 is 0. The largest absolute Gasteiger partial charge is 0.389 e. The number of nitrogens with zero attached hydrogens (tertiary/aromatic N) is 1. The molecule has 1 fully saturated rings. The number of hydrogen-bond acceptors (Lipinski definition) is 3. The van der Waals surface area contributed by atoms with Crippen LogP contribution in [0.1, 0.15) is 53.4 Å². The first-order chi connectivity index (χ1) is 7.41. The van der Waals surface area contributed by atoms with Crippen molar-refractivity contribution in [3.63, 3.8) is 0 Å². The second kappa shape index (κ2) is 5.48. The molecule has 0 aliphatic carbocycles. The van der Waals surface area contributed by atoms with Crippen LogP contribution in [0.5, 0.6) is 0 Å². The van der Waals surface area contributed by atoms with Crippen molar-refractivity contribution in [3.05, 3.63) is 0 Å². The Hall–Kier alpha value is -0.120. The van der Waals surface area contributed by atoms with Gasteiger partial charge in [-0.2, -0.15) is 0 Å². The molecule has 0 aromatic heterocycles. The molecule has 3 nitrogen and oxygen atoms in total. The molecule has 0 amide bonds. The van der Waals surface area contributed by atoms with Gasteiger partial charge in [-0.15, -0.1) is 0 Å². The van der Waals surface area contributed by atoms with E-state index in [4.69, 9.17) is 5.73 Å². The standard InChI is InChI=1S/C13H28N2O/c1-5-12-7-6-10(2)15(12)11(3)8-13(4,16)9-14/h10-12,16H,5-9,14H2,1-4H3. The Bertz CT molecular complexity index is 218. The summed E-state index contributed by atoms with van der Waals surface area (Å²) >= 11 is 0. The highest BCUT2D eigenvalue weighted by molar-refractivity contribution is 4.90. The molecule has 1 saturated heterocycles. The minimum absolute atomic E-state index is 0.344. The van der Waals surface area contributed by atoms with Crippen LogP contribution in [0.25, 0.3) is 0 Å². The van der Waals surface area contributed by atoms with Crippen LogP contribution < -0.4 is 5.73 Å². The first-order valence-electron chi connectivity index (χ1n) is 6.61. The molecular weight excluding hydrogens is 200 g/mol. The monoisotopic (exact) mass is 228 g/mol. The topological polar surface area (TPSA) is 49.5 Å². The molecule has 16 heavy (non-hydrogen) atoms. The fourth-order valence-electron chi connectivity index (χ4n) is 3.13. The lowest BCUT2D eigenvalue weighted by molar-refractivity contribution is 0.0177. The molecule has 0 spiro atoms. The van der Waals surface area contributed by atoms with Crippen molar-refractivity contribution < 1.29 is 5.11 Å². The molecule has 4 atom stereocenters. The summed E-state index contributed by atoms with van der Waals surface area (Å²) in [7, 11) is 0. The lowest BCUT2D eigenvalue weighted by Gasteiger charge is -2.37. The second-order valence-corrected chi connectivity index (χ2v) is 5.69. The second-order valence-electron chi connectivity index (χ2n) is 5.69. The van der Waals surface area contributed by atoms with E-state index in [1.807, 2.05) is 6.92 Å². The summed E-state index contributed by atoms with van der Waals surface area (Å²) in [5.41, 5.74) is 4.86. The van der Waals surface area contributed by atoms with Crippen LogP contribution in [0.4, 0.5) is 0 Å². The van der Waals surface area contributed by atoms with Gasteiger partial charge in [-0.05, 0) is 46.5 Å². The molecule has 3 N–H and O–H groups in total. The normalized spacial score (nSPS) is 32.6. The summed E-state index contributed by atoms with van der Waals surface area (Å²) in [6.07, 6.45) is 4.56. The third-order valence-corrected chi connectivity index (χ3v) is 4.00. The number of hydrogen-bond donors (Lipinski definition) is 2. The maximum Gasteiger partial charge on any atom is 0.0756 e. The molecule has 96 valence electrons. The highest BCUT2D eigenvalue weighted by Gasteiger charge is 2.35. The average molecular weight is 228 g/mol. The van der Waals surface area contributed by atoms with Gasteiger partial charge in [0.25, 0.3) is 0 Å². The molecule has 0 aromatic rings. The predicted octanol–water partition coefficient (Wildman–Crippen LogP) is 1.74. The molecule has 4 unspecified atom stereocenters. The SMILES string of the molecule is CCC1CCC(C)N1C(C)CC(C)(O)CN. The molecule has 0 bridgehead atoms. The Balaban J connectivity index is 2.61. The highest BCUT2D eigenvalue weighted by atomic mass is 16.3. The number of rotatable bonds is 5. The van der Waals surface area contributed by atoms with Gasteiger partial charge in [0.05, 0.1) is 5.60 Å². The van der Waals surface area contributed by atoms with Crippen LogP contribution in [-0.2, 0) is 0 Å². The van der Waals surface area contributed by atoms with Crippen LogP contribution in [0, 0.1) is 0 Å². The molecule has 0 saturated carbocycles. The van der Waals surface area contributed by atoms with E-state index in [0.29, 0.717) is 24.7 Å². The molecule has 1 aliphatic heterocycles. The Labute approximate surface area is 100 Å². The average Bonchev–Trinajstić information content (AvgIpc) is 2.59.